The van der Waals surface area contributed by atoms with Gasteiger partial charge >= 0.3 is 17.1 Å². The second-order valence-corrected chi connectivity index (χ2v) is 14.0. The normalized spacial score (nSPS) is 16.4. The molecule has 1 atom stereocenters. The summed E-state index contributed by atoms with van der Waals surface area (Å²) in [5.41, 5.74) is 1.45. The van der Waals surface area contributed by atoms with Crippen molar-refractivity contribution in [2.24, 2.45) is 0 Å². The van der Waals surface area contributed by atoms with Gasteiger partial charge in [-0.3, -0.25) is 4.67 Å². The zero-order valence-corrected chi connectivity index (χ0v) is 26.3. The minimum absolute atomic E-state index is 0. The molecule has 0 spiro atoms. The molecule has 0 unspecified atom stereocenters. The van der Waals surface area contributed by atoms with Gasteiger partial charge in [-0.1, -0.05) is 121 Å². The fourth-order valence-corrected chi connectivity index (χ4v) is 9.87. The van der Waals surface area contributed by atoms with Crippen LogP contribution in [0.2, 0.25) is 0 Å². The van der Waals surface area contributed by atoms with Gasteiger partial charge in [0.1, 0.15) is 0 Å². The third-order valence-electron chi connectivity index (χ3n) is 6.98. The molecule has 6 rings (SSSR count). The minimum atomic E-state index is -0.656. The van der Waals surface area contributed by atoms with E-state index in [1.165, 1.54) is 32.8 Å². The van der Waals surface area contributed by atoms with E-state index in [4.69, 9.17) is 0 Å². The van der Waals surface area contributed by atoms with Crippen LogP contribution in [0.1, 0.15) is 6.92 Å². The Bertz CT molecular complexity index is 1160. The van der Waals surface area contributed by atoms with Gasteiger partial charge in [-0.05, 0) is 94.5 Å². The number of hydrogen-bond donors (Lipinski definition) is 0. The van der Waals surface area contributed by atoms with Gasteiger partial charge in [-0.25, -0.2) is 0 Å². The molecule has 0 amide bonds. The predicted octanol–water partition coefficient (Wildman–Crippen LogP) is 7.24. The maximum Gasteiger partial charge on any atom is 2.00 e. The smallest absolute Gasteiger partial charge is 0.274 e. The van der Waals surface area contributed by atoms with Gasteiger partial charge in [-0.2, -0.15) is 0 Å². The summed E-state index contributed by atoms with van der Waals surface area (Å²) in [6.45, 7) is 2.36. The first-order valence-electron chi connectivity index (χ1n) is 13.7. The van der Waals surface area contributed by atoms with Crippen LogP contribution < -0.4 is 21.2 Å². The third-order valence-corrected chi connectivity index (χ3v) is 12.0. The van der Waals surface area contributed by atoms with Gasteiger partial charge in [-0.15, -0.1) is 0 Å². The fraction of sp³-hybridized carbons (Fsp3) is 0.0811. The molecule has 0 saturated heterocycles. The molecule has 0 aromatic heterocycles. The van der Waals surface area contributed by atoms with Crippen LogP contribution in [0.5, 0.6) is 0 Å². The van der Waals surface area contributed by atoms with Crippen LogP contribution in [-0.2, 0) is 17.1 Å². The Morgan fingerprint density at radius 1 is 0.488 bits per heavy atom. The molecule has 4 heteroatoms. The molecule has 0 aliphatic heterocycles. The molecule has 4 aromatic rings. The molecular formula is C37H35FeNP2+2. The Kier molecular flexibility index (Phi) is 13.1. The predicted molar refractivity (Wildman–Crippen MR) is 176 cm³/mol. The number of hydrogen-bond acceptors (Lipinski definition) is 1. The quantitative estimate of drug-likeness (QED) is 0.150. The van der Waals surface area contributed by atoms with Crippen LogP contribution in [0.25, 0.3) is 0 Å². The van der Waals surface area contributed by atoms with Gasteiger partial charge in [0, 0.05) is 25.7 Å². The van der Waals surface area contributed by atoms with Crippen LogP contribution >= 0.6 is 16.0 Å². The molecule has 0 N–H and O–H groups in total. The standard InChI is InChI=1S/C32H30NP2.C5H5.Fe/c1-26(33(2)35(29-20-11-5-12-21-29)30-22-13-6-14-23-30)31-24-15-25-32(31)34(27-16-7-3-8-17-27)28-18-9-4-10-19-28;1-2-4-5-3-1;/h3-26H,1-2H3;1-5H;/q;;+2/t26-;;/m1../s1. The molecule has 10 radical (unpaired) electrons. The van der Waals surface area contributed by atoms with E-state index in [-0.39, 0.29) is 23.1 Å². The van der Waals surface area contributed by atoms with E-state index < -0.39 is 16.0 Å². The number of rotatable bonds is 8. The van der Waals surface area contributed by atoms with Crippen LogP contribution in [0, 0.1) is 62.9 Å². The Morgan fingerprint density at radius 2 is 0.854 bits per heavy atom. The summed E-state index contributed by atoms with van der Waals surface area (Å²) >= 11 is 0. The second-order valence-electron chi connectivity index (χ2n) is 9.57. The van der Waals surface area contributed by atoms with Crippen molar-refractivity contribution < 1.29 is 17.1 Å². The maximum atomic E-state index is 2.59. The summed E-state index contributed by atoms with van der Waals surface area (Å²) in [5, 5.41) is 5.54. The van der Waals surface area contributed by atoms with Crippen molar-refractivity contribution in [2.75, 3.05) is 7.05 Å². The van der Waals surface area contributed by atoms with Crippen LogP contribution in [0.3, 0.4) is 0 Å². The monoisotopic (exact) mass is 611 g/mol. The maximum absolute atomic E-state index is 2.59. The Morgan fingerprint density at radius 3 is 1.24 bits per heavy atom. The van der Waals surface area contributed by atoms with Crippen molar-refractivity contribution in [3.8, 4) is 0 Å². The Labute approximate surface area is 262 Å². The van der Waals surface area contributed by atoms with Crippen molar-refractivity contribution in [3.63, 3.8) is 0 Å². The minimum Gasteiger partial charge on any atom is -0.274 e. The SMILES string of the molecule is C[C@H]([C]1[CH][CH][CH][C]1P(c1ccccc1)c1ccccc1)N(C)P(c1ccccc1)c1ccccc1.[CH]1[CH][CH][CH][CH]1.[Fe+2]. The van der Waals surface area contributed by atoms with Gasteiger partial charge in [0.05, 0.1) is 0 Å². The summed E-state index contributed by atoms with van der Waals surface area (Å²) in [5.74, 6) is 1.42. The first-order chi connectivity index (χ1) is 19.7. The molecule has 41 heavy (non-hydrogen) atoms. The summed E-state index contributed by atoms with van der Waals surface area (Å²) < 4.78 is 2.59. The van der Waals surface area contributed by atoms with Crippen molar-refractivity contribution >= 4 is 37.2 Å². The first-order valence-corrected chi connectivity index (χ1v) is 16.3. The molecule has 4 aromatic carbocycles. The van der Waals surface area contributed by atoms with Crippen LogP contribution in [-0.4, -0.2) is 17.8 Å². The van der Waals surface area contributed by atoms with E-state index >= 15 is 0 Å². The van der Waals surface area contributed by atoms with Crippen LogP contribution in [0.15, 0.2) is 121 Å². The Balaban J connectivity index is 0.000000584. The van der Waals surface area contributed by atoms with E-state index in [2.05, 4.69) is 159 Å². The van der Waals surface area contributed by atoms with E-state index in [1.54, 1.807) is 0 Å². The van der Waals surface area contributed by atoms with Gasteiger partial charge in [0.2, 0.25) is 0 Å². The summed E-state index contributed by atoms with van der Waals surface area (Å²) in [4.78, 5) is 0. The van der Waals surface area contributed by atoms with E-state index in [9.17, 15) is 0 Å². The molecule has 2 aliphatic carbocycles. The molecular weight excluding hydrogens is 576 g/mol. The molecule has 2 fully saturated rings. The molecule has 2 saturated carbocycles. The van der Waals surface area contributed by atoms with E-state index in [1.807, 2.05) is 32.1 Å². The molecule has 0 bridgehead atoms. The number of benzene rings is 4. The molecule has 1 nitrogen and oxygen atoms in total. The zero-order valence-electron chi connectivity index (χ0n) is 23.4. The van der Waals surface area contributed by atoms with Gasteiger partial charge in [0.25, 0.3) is 0 Å². The van der Waals surface area contributed by atoms with Crippen molar-refractivity contribution in [3.05, 3.63) is 184 Å². The van der Waals surface area contributed by atoms with E-state index in [0.717, 1.165) is 0 Å². The average Bonchev–Trinajstić information content (AvgIpc) is 3.76. The van der Waals surface area contributed by atoms with Gasteiger partial charge < -0.3 is 0 Å². The zero-order chi connectivity index (χ0) is 27.6. The summed E-state index contributed by atoms with van der Waals surface area (Å²) in [7, 11) is 1.00. The fourth-order valence-electron chi connectivity index (χ4n) is 4.91. The molecule has 0 heterocycles. The number of nitrogens with zero attached hydrogens (tertiary/aromatic N) is 1. The van der Waals surface area contributed by atoms with Crippen molar-refractivity contribution in [1.29, 1.82) is 0 Å². The van der Waals surface area contributed by atoms with E-state index in [0.29, 0.717) is 0 Å². The summed E-state index contributed by atoms with van der Waals surface area (Å²) in [6.07, 6.45) is 16.9. The second kappa shape index (κ2) is 16.8. The average molecular weight is 611 g/mol. The first kappa shape index (κ1) is 32.1. The summed E-state index contributed by atoms with van der Waals surface area (Å²) in [6, 6.07) is 44.2. The van der Waals surface area contributed by atoms with Crippen molar-refractivity contribution in [2.45, 2.75) is 13.0 Å². The molecule has 204 valence electrons. The topological polar surface area (TPSA) is 3.24 Å². The molecule has 2 aliphatic rings. The van der Waals surface area contributed by atoms with Gasteiger partial charge in [0.15, 0.2) is 0 Å². The van der Waals surface area contributed by atoms with Crippen molar-refractivity contribution in [1.82, 2.24) is 4.67 Å². The Hall–Kier alpha value is -1.78. The largest absolute Gasteiger partial charge is 2.00 e. The third kappa shape index (κ3) is 8.41. The van der Waals surface area contributed by atoms with Crippen LogP contribution in [0.4, 0.5) is 0 Å².